The van der Waals surface area contributed by atoms with Crippen LogP contribution in [0.15, 0.2) is 0 Å². The summed E-state index contributed by atoms with van der Waals surface area (Å²) in [6, 6.07) is 0. The van der Waals surface area contributed by atoms with Gasteiger partial charge in [-0.15, -0.1) is 0 Å². The van der Waals surface area contributed by atoms with Crippen LogP contribution in [0.2, 0.25) is 0 Å². The summed E-state index contributed by atoms with van der Waals surface area (Å²) in [4.78, 5) is 5.29. The van der Waals surface area contributed by atoms with Gasteiger partial charge < -0.3 is 0 Å². The second kappa shape index (κ2) is 11.9. The maximum absolute atomic E-state index is 8.26. The van der Waals surface area contributed by atoms with Crippen molar-refractivity contribution in [2.45, 2.75) is 90.6 Å². The quantitative estimate of drug-likeness (QED) is 0.287. The summed E-state index contributed by atoms with van der Waals surface area (Å²) in [5.74, 6) is 0. The van der Waals surface area contributed by atoms with Gasteiger partial charge in [0, 0.05) is 0 Å². The van der Waals surface area contributed by atoms with Gasteiger partial charge in [-0.3, -0.25) is 0 Å². The van der Waals surface area contributed by atoms with Crippen LogP contribution < -0.4 is 0 Å². The monoisotopic (exact) mass is 262 g/mol. The second-order valence-electron chi connectivity index (χ2n) is 5.07. The van der Waals surface area contributed by atoms with E-state index in [0.29, 0.717) is 0 Å². The van der Waals surface area contributed by atoms with Crippen molar-refractivity contribution < 1.29 is 20.2 Å². The van der Waals surface area contributed by atoms with Gasteiger partial charge in [0.05, 0.1) is 0 Å². The van der Waals surface area contributed by atoms with E-state index in [1.165, 1.54) is 25.7 Å². The summed E-state index contributed by atoms with van der Waals surface area (Å²) in [7, 11) is 0. The molecule has 0 aromatic rings. The topological polar surface area (TPSA) is 47.9 Å². The van der Waals surface area contributed by atoms with Crippen LogP contribution in [0.25, 0.3) is 0 Å². The first kappa shape index (κ1) is 17.8. The highest BCUT2D eigenvalue weighted by Gasteiger charge is 2.31. The van der Waals surface area contributed by atoms with Gasteiger partial charge in [-0.2, -0.15) is 4.89 Å². The number of hydrogen-bond donors (Lipinski definition) is 1. The molecule has 0 aromatic heterocycles. The van der Waals surface area contributed by atoms with Crippen molar-refractivity contribution >= 4 is 0 Å². The molecule has 0 bridgehead atoms. The normalized spacial score (nSPS) is 12.0. The Bertz CT molecular complexity index is 167. The summed E-state index contributed by atoms with van der Waals surface area (Å²) < 4.78 is 0. The Hall–Kier alpha value is -0.160. The fourth-order valence-electron chi connectivity index (χ4n) is 2.55. The van der Waals surface area contributed by atoms with Gasteiger partial charge in [0.15, 0.2) is 0 Å². The molecule has 0 saturated heterocycles. The zero-order valence-electron chi connectivity index (χ0n) is 12.2. The highest BCUT2D eigenvalue weighted by atomic mass is 17.6. The molecule has 0 aliphatic heterocycles. The lowest BCUT2D eigenvalue weighted by Gasteiger charge is -2.30. The van der Waals surface area contributed by atoms with Crippen LogP contribution in [0.1, 0.15) is 85.0 Å². The minimum absolute atomic E-state index is 0.307. The van der Waals surface area contributed by atoms with Crippen LogP contribution in [0.5, 0.6) is 0 Å². The van der Waals surface area contributed by atoms with Gasteiger partial charge >= 0.3 is 0 Å². The molecule has 0 aliphatic carbocycles. The van der Waals surface area contributed by atoms with Crippen molar-refractivity contribution in [3.8, 4) is 0 Å². The van der Waals surface area contributed by atoms with Crippen LogP contribution in [0, 0.1) is 0 Å². The van der Waals surface area contributed by atoms with Crippen molar-refractivity contribution in [2.75, 3.05) is 0 Å². The Labute approximate surface area is 111 Å². The van der Waals surface area contributed by atoms with Gasteiger partial charge in [-0.05, 0) is 29.3 Å². The first-order chi connectivity index (χ1) is 8.74. The molecular weight excluding hydrogens is 232 g/mol. The maximum Gasteiger partial charge on any atom is 0.107 e. The third-order valence-electron chi connectivity index (χ3n) is 3.39. The van der Waals surface area contributed by atoms with Crippen LogP contribution >= 0.6 is 0 Å². The second-order valence-corrected chi connectivity index (χ2v) is 5.07. The Morgan fingerprint density at radius 2 is 1.39 bits per heavy atom. The fraction of sp³-hybridized carbons (Fsp3) is 1.00. The Balaban J connectivity index is 4.14. The van der Waals surface area contributed by atoms with Gasteiger partial charge in [0.1, 0.15) is 5.60 Å². The predicted molar refractivity (Wildman–Crippen MR) is 71.8 cm³/mol. The number of hydrogen-bond acceptors (Lipinski definition) is 4. The third-order valence-corrected chi connectivity index (χ3v) is 3.39. The molecule has 18 heavy (non-hydrogen) atoms. The molecule has 0 amide bonds. The van der Waals surface area contributed by atoms with Crippen LogP contribution in [-0.2, 0) is 15.0 Å². The highest BCUT2D eigenvalue weighted by Crippen LogP contribution is 2.31. The fourth-order valence-corrected chi connectivity index (χ4v) is 2.55. The standard InChI is InChI=1S/C14H30O4/c1-4-7-8-9-10-13-14(11-5-2,12-6-3)16-18-17-15/h15H,4-13H2,1-3H3. The molecule has 0 atom stereocenters. The van der Waals surface area contributed by atoms with Crippen molar-refractivity contribution in [3.05, 3.63) is 0 Å². The zero-order chi connectivity index (χ0) is 13.7. The molecule has 1 N–H and O–H groups in total. The molecule has 4 nitrogen and oxygen atoms in total. The minimum Gasteiger partial charge on any atom is -0.219 e. The van der Waals surface area contributed by atoms with Crippen molar-refractivity contribution in [1.82, 2.24) is 0 Å². The molecule has 0 heterocycles. The molecule has 0 saturated carbocycles. The molecule has 0 spiro atoms. The van der Waals surface area contributed by atoms with E-state index in [9.17, 15) is 0 Å². The SMILES string of the molecule is CCCCCCCC(CCC)(CCC)OOOO. The van der Waals surface area contributed by atoms with E-state index in [-0.39, 0.29) is 5.60 Å². The molecule has 0 fully saturated rings. The van der Waals surface area contributed by atoms with Crippen molar-refractivity contribution in [1.29, 1.82) is 0 Å². The predicted octanol–water partition coefficient (Wildman–Crippen LogP) is 5.04. The first-order valence-electron chi connectivity index (χ1n) is 7.40. The summed E-state index contributed by atoms with van der Waals surface area (Å²) in [6.45, 7) is 6.48. The van der Waals surface area contributed by atoms with E-state index in [2.05, 4.69) is 30.8 Å². The van der Waals surface area contributed by atoms with Crippen LogP contribution in [0.3, 0.4) is 0 Å². The van der Waals surface area contributed by atoms with Crippen molar-refractivity contribution in [2.24, 2.45) is 0 Å². The molecule has 110 valence electrons. The van der Waals surface area contributed by atoms with Gasteiger partial charge in [-0.1, -0.05) is 65.7 Å². The number of unbranched alkanes of at least 4 members (excludes halogenated alkanes) is 4. The lowest BCUT2D eigenvalue weighted by molar-refractivity contribution is -0.643. The molecule has 0 unspecified atom stereocenters. The summed E-state index contributed by atoms with van der Waals surface area (Å²) >= 11 is 0. The first-order valence-corrected chi connectivity index (χ1v) is 7.40. The molecular formula is C14H30O4. The number of rotatable bonds is 13. The lowest BCUT2D eigenvalue weighted by Crippen LogP contribution is -2.32. The zero-order valence-corrected chi connectivity index (χ0v) is 12.2. The molecule has 0 radical (unpaired) electrons. The molecule has 4 heteroatoms. The lowest BCUT2D eigenvalue weighted by atomic mass is 9.87. The van der Waals surface area contributed by atoms with E-state index >= 15 is 0 Å². The Morgan fingerprint density at radius 1 is 0.778 bits per heavy atom. The van der Waals surface area contributed by atoms with Crippen molar-refractivity contribution in [3.63, 3.8) is 0 Å². The third kappa shape index (κ3) is 8.03. The Kier molecular flexibility index (Phi) is 11.8. The molecule has 0 aliphatic rings. The summed E-state index contributed by atoms with van der Waals surface area (Å²) in [6.07, 6.45) is 11.1. The maximum atomic E-state index is 8.26. The van der Waals surface area contributed by atoms with Gasteiger partial charge in [-0.25, -0.2) is 5.26 Å². The summed E-state index contributed by atoms with van der Waals surface area (Å²) in [5.41, 5.74) is -0.307. The average molecular weight is 262 g/mol. The van der Waals surface area contributed by atoms with E-state index in [1.54, 1.807) is 0 Å². The summed E-state index contributed by atoms with van der Waals surface area (Å²) in [5, 5.41) is 16.2. The van der Waals surface area contributed by atoms with Gasteiger partial charge in [0.25, 0.3) is 0 Å². The molecule has 0 rings (SSSR count). The van der Waals surface area contributed by atoms with E-state index < -0.39 is 0 Å². The largest absolute Gasteiger partial charge is 0.219 e. The van der Waals surface area contributed by atoms with Gasteiger partial charge in [0.2, 0.25) is 0 Å². The van der Waals surface area contributed by atoms with E-state index in [0.717, 1.165) is 38.5 Å². The minimum atomic E-state index is -0.307. The van der Waals surface area contributed by atoms with E-state index in [4.69, 9.17) is 10.1 Å². The van der Waals surface area contributed by atoms with E-state index in [1.807, 2.05) is 0 Å². The smallest absolute Gasteiger partial charge is 0.107 e. The Morgan fingerprint density at radius 3 is 1.89 bits per heavy atom. The van der Waals surface area contributed by atoms with Crippen LogP contribution in [-0.4, -0.2) is 10.9 Å². The van der Waals surface area contributed by atoms with Crippen LogP contribution in [0.4, 0.5) is 0 Å². The average Bonchev–Trinajstić information content (AvgIpc) is 2.37. The molecule has 0 aromatic carbocycles. The highest BCUT2D eigenvalue weighted by molar-refractivity contribution is 4.78.